The minimum atomic E-state index is -0.293. The van der Waals surface area contributed by atoms with Crippen LogP contribution in [0.15, 0.2) is 18.2 Å². The topological polar surface area (TPSA) is 91.4 Å². The summed E-state index contributed by atoms with van der Waals surface area (Å²) in [7, 11) is 1.93. The van der Waals surface area contributed by atoms with Gasteiger partial charge < -0.3 is 14.4 Å². The molecule has 0 aromatic heterocycles. The van der Waals surface area contributed by atoms with Crippen molar-refractivity contribution < 1.29 is 23.9 Å². The van der Waals surface area contributed by atoms with E-state index in [1.54, 1.807) is 5.01 Å². The van der Waals surface area contributed by atoms with E-state index in [1.807, 2.05) is 69.7 Å². The first-order valence-corrected chi connectivity index (χ1v) is 14.4. The highest BCUT2D eigenvalue weighted by Crippen LogP contribution is 2.30. The molecular weight excluding hydrogens is 496 g/mol. The van der Waals surface area contributed by atoms with Crippen molar-refractivity contribution in [1.82, 2.24) is 15.2 Å². The number of carbonyl (C=O) groups excluding carboxylic acids is 3. The normalized spacial score (nSPS) is 16.5. The number of amides is 2. The van der Waals surface area contributed by atoms with Gasteiger partial charge in [0.15, 0.2) is 0 Å². The van der Waals surface area contributed by atoms with E-state index in [4.69, 9.17) is 9.47 Å². The molecule has 1 aromatic rings. The lowest BCUT2D eigenvalue weighted by Gasteiger charge is -2.38. The van der Waals surface area contributed by atoms with Gasteiger partial charge >= 0.3 is 5.97 Å². The number of nitrogens with one attached hydrogen (secondary N) is 1. The zero-order valence-corrected chi connectivity index (χ0v) is 24.8. The van der Waals surface area contributed by atoms with Crippen molar-refractivity contribution in [3.05, 3.63) is 23.8 Å². The maximum atomic E-state index is 12.6. The second-order valence-corrected chi connectivity index (χ2v) is 12.4. The lowest BCUT2D eigenvalue weighted by Crippen LogP contribution is -2.53. The summed E-state index contributed by atoms with van der Waals surface area (Å²) in [5.74, 6) is 0.318. The van der Waals surface area contributed by atoms with Crippen LogP contribution in [0.25, 0.3) is 0 Å². The molecule has 39 heavy (non-hydrogen) atoms. The monoisotopic (exact) mass is 544 g/mol. The zero-order chi connectivity index (χ0) is 28.6. The number of benzene rings is 1. The van der Waals surface area contributed by atoms with Gasteiger partial charge in [-0.15, -0.1) is 0 Å². The van der Waals surface area contributed by atoms with Crippen LogP contribution < -0.4 is 15.2 Å². The van der Waals surface area contributed by atoms with E-state index >= 15 is 0 Å². The summed E-state index contributed by atoms with van der Waals surface area (Å²) in [6.45, 7) is 11.6. The molecule has 1 aliphatic carbocycles. The number of ether oxygens (including phenoxy) is 2. The smallest absolute Gasteiger partial charge is 0.320 e. The third kappa shape index (κ3) is 9.71. The summed E-state index contributed by atoms with van der Waals surface area (Å²) < 4.78 is 11.5. The predicted molar refractivity (Wildman–Crippen MR) is 152 cm³/mol. The van der Waals surface area contributed by atoms with E-state index in [-0.39, 0.29) is 35.7 Å². The molecule has 0 atom stereocenters. The molecule has 9 heteroatoms. The molecule has 1 heterocycles. The van der Waals surface area contributed by atoms with E-state index in [9.17, 15) is 14.4 Å². The standard InChI is InChI=1S/C30H48N4O5/c1-22(2)29(37)31-34-21-33(19-28(36)39-20-30(3,4)5)18-23-17-25(14-15-26(23)34)38-16-10-13-27(35)32(6)24-11-8-7-9-12-24/h14-15,17,22,24H,7-13,16,18-21H2,1-6H3,(H,31,37). The molecular formula is C30H48N4O5. The van der Waals surface area contributed by atoms with E-state index < -0.39 is 0 Å². The summed E-state index contributed by atoms with van der Waals surface area (Å²) in [6, 6.07) is 6.15. The van der Waals surface area contributed by atoms with Gasteiger partial charge in [-0.05, 0) is 48.4 Å². The van der Waals surface area contributed by atoms with Gasteiger partial charge in [-0.3, -0.25) is 29.7 Å². The maximum Gasteiger partial charge on any atom is 0.320 e. The molecule has 0 unspecified atom stereocenters. The van der Waals surface area contributed by atoms with Crippen LogP contribution in [0.5, 0.6) is 5.75 Å². The Hall–Kier alpha value is -2.81. The summed E-state index contributed by atoms with van der Waals surface area (Å²) in [5.41, 5.74) is 4.68. The minimum absolute atomic E-state index is 0.0960. The molecule has 0 saturated heterocycles. The van der Waals surface area contributed by atoms with E-state index in [0.717, 1.165) is 24.1 Å². The Balaban J connectivity index is 1.59. The van der Waals surface area contributed by atoms with Gasteiger partial charge in [0, 0.05) is 32.0 Å². The van der Waals surface area contributed by atoms with Crippen molar-refractivity contribution in [2.24, 2.45) is 11.3 Å². The van der Waals surface area contributed by atoms with E-state index in [1.165, 1.54) is 19.3 Å². The Morgan fingerprint density at radius 2 is 1.85 bits per heavy atom. The Kier molecular flexibility index (Phi) is 11.0. The molecule has 0 radical (unpaired) electrons. The average molecular weight is 545 g/mol. The van der Waals surface area contributed by atoms with Crippen LogP contribution in [0, 0.1) is 11.3 Å². The fourth-order valence-corrected chi connectivity index (χ4v) is 4.86. The number of hydrogen-bond donors (Lipinski definition) is 1. The average Bonchev–Trinajstić information content (AvgIpc) is 2.89. The number of rotatable bonds is 11. The van der Waals surface area contributed by atoms with Gasteiger partial charge in [0.1, 0.15) is 5.75 Å². The number of carbonyl (C=O) groups is 3. The van der Waals surface area contributed by atoms with Crippen molar-refractivity contribution >= 4 is 23.5 Å². The van der Waals surface area contributed by atoms with E-state index in [2.05, 4.69) is 5.43 Å². The highest BCUT2D eigenvalue weighted by Gasteiger charge is 2.27. The predicted octanol–water partition coefficient (Wildman–Crippen LogP) is 4.49. The highest BCUT2D eigenvalue weighted by molar-refractivity contribution is 5.80. The molecule has 1 saturated carbocycles. The molecule has 0 spiro atoms. The number of nitrogens with zero attached hydrogens (tertiary/aromatic N) is 3. The molecule has 1 fully saturated rings. The molecule has 218 valence electrons. The molecule has 9 nitrogen and oxygen atoms in total. The molecule has 1 aromatic carbocycles. The van der Waals surface area contributed by atoms with E-state index in [0.29, 0.717) is 51.1 Å². The van der Waals surface area contributed by atoms with Gasteiger partial charge in [-0.25, -0.2) is 0 Å². The third-order valence-electron chi connectivity index (χ3n) is 7.19. The van der Waals surface area contributed by atoms with Gasteiger partial charge in [0.05, 0.1) is 32.1 Å². The van der Waals surface area contributed by atoms with Crippen LogP contribution in [0.1, 0.15) is 85.1 Å². The van der Waals surface area contributed by atoms with Crippen LogP contribution in [0.3, 0.4) is 0 Å². The third-order valence-corrected chi connectivity index (χ3v) is 7.19. The lowest BCUT2D eigenvalue weighted by molar-refractivity contribution is -0.148. The molecule has 2 amide bonds. The lowest BCUT2D eigenvalue weighted by atomic mass is 9.94. The van der Waals surface area contributed by atoms with Crippen LogP contribution in [-0.4, -0.2) is 67.1 Å². The second kappa shape index (κ2) is 14.0. The van der Waals surface area contributed by atoms with Gasteiger partial charge in [-0.1, -0.05) is 53.9 Å². The van der Waals surface area contributed by atoms with Crippen LogP contribution in [0.2, 0.25) is 0 Å². The van der Waals surface area contributed by atoms with Gasteiger partial charge in [0.25, 0.3) is 0 Å². The molecule has 3 rings (SSSR count). The number of hydrazine groups is 1. The van der Waals surface area contributed by atoms with Gasteiger partial charge in [0.2, 0.25) is 11.8 Å². The Labute approximate surface area is 234 Å². The minimum Gasteiger partial charge on any atom is -0.494 e. The first-order valence-electron chi connectivity index (χ1n) is 14.4. The van der Waals surface area contributed by atoms with Crippen molar-refractivity contribution in [1.29, 1.82) is 0 Å². The largest absolute Gasteiger partial charge is 0.494 e. The number of fused-ring (bicyclic) bond motifs is 1. The van der Waals surface area contributed by atoms with Gasteiger partial charge in [-0.2, -0.15) is 0 Å². The SMILES string of the molecule is CC(C)C(=O)NN1CN(CC(=O)OCC(C)(C)C)Cc2cc(OCCCC(=O)N(C)C3CCCCC3)ccc21. The van der Waals surface area contributed by atoms with Crippen LogP contribution >= 0.6 is 0 Å². The summed E-state index contributed by atoms with van der Waals surface area (Å²) >= 11 is 0. The summed E-state index contributed by atoms with van der Waals surface area (Å²) in [5, 5.41) is 1.78. The Morgan fingerprint density at radius 1 is 1.13 bits per heavy atom. The first kappa shape index (κ1) is 30.7. The second-order valence-electron chi connectivity index (χ2n) is 12.4. The number of hydrogen-bond acceptors (Lipinski definition) is 7. The fraction of sp³-hybridized carbons (Fsp3) is 0.700. The van der Waals surface area contributed by atoms with Crippen LogP contribution in [0.4, 0.5) is 5.69 Å². The summed E-state index contributed by atoms with van der Waals surface area (Å²) in [6.07, 6.45) is 7.01. The van der Waals surface area contributed by atoms with Crippen molar-refractivity contribution in [3.8, 4) is 5.75 Å². The summed E-state index contributed by atoms with van der Waals surface area (Å²) in [4.78, 5) is 41.5. The van der Waals surface area contributed by atoms with Crippen LogP contribution in [-0.2, 0) is 25.7 Å². The fourth-order valence-electron chi connectivity index (χ4n) is 4.86. The maximum absolute atomic E-state index is 12.6. The quantitative estimate of drug-likeness (QED) is 0.324. The highest BCUT2D eigenvalue weighted by atomic mass is 16.5. The van der Waals surface area contributed by atoms with Crippen molar-refractivity contribution in [2.45, 2.75) is 92.2 Å². The van der Waals surface area contributed by atoms with Crippen molar-refractivity contribution in [3.63, 3.8) is 0 Å². The van der Waals surface area contributed by atoms with Crippen molar-refractivity contribution in [2.75, 3.05) is 38.5 Å². The number of anilines is 1. The molecule has 1 N–H and O–H groups in total. The Bertz CT molecular complexity index is 984. The molecule has 2 aliphatic rings. The molecule has 0 bridgehead atoms. The zero-order valence-electron chi connectivity index (χ0n) is 24.8. The molecule has 1 aliphatic heterocycles. The first-order chi connectivity index (χ1) is 18.4. The number of esters is 1. The Morgan fingerprint density at radius 3 is 2.51 bits per heavy atom.